The molecule has 108 valence electrons. The molecule has 1 fully saturated rings. The molecule has 1 rings (SSSR count). The number of hydrogen-bond donors (Lipinski definition) is 1. The zero-order valence-electron chi connectivity index (χ0n) is 12.9. The Labute approximate surface area is 114 Å². The summed E-state index contributed by atoms with van der Waals surface area (Å²) in [6.45, 7) is 6.83. The van der Waals surface area contributed by atoms with Crippen LogP contribution in [0.2, 0.25) is 0 Å². The normalized spacial score (nSPS) is 28.0. The van der Waals surface area contributed by atoms with Crippen LogP contribution in [0.15, 0.2) is 0 Å². The summed E-state index contributed by atoms with van der Waals surface area (Å²) in [7, 11) is 2.07. The molecule has 1 N–H and O–H groups in total. The Morgan fingerprint density at radius 2 is 2.00 bits per heavy atom. The summed E-state index contributed by atoms with van der Waals surface area (Å²) in [6.07, 6.45) is 11.1. The molecule has 1 saturated carbocycles. The molecule has 4 atom stereocenters. The number of rotatable bonds is 8. The third-order valence-electron chi connectivity index (χ3n) is 4.50. The Kier molecular flexibility index (Phi) is 7.92. The van der Waals surface area contributed by atoms with Gasteiger partial charge >= 0.3 is 0 Å². The largest absolute Gasteiger partial charge is 0.373 e. The first-order valence-corrected chi connectivity index (χ1v) is 8.07. The molecule has 2 nitrogen and oxygen atoms in total. The molecule has 1 aliphatic rings. The Morgan fingerprint density at radius 3 is 2.56 bits per heavy atom. The lowest BCUT2D eigenvalue weighted by atomic mass is 9.85. The van der Waals surface area contributed by atoms with E-state index >= 15 is 0 Å². The monoisotopic (exact) mass is 255 g/mol. The molecule has 2 heteroatoms. The van der Waals surface area contributed by atoms with Crippen molar-refractivity contribution < 1.29 is 4.74 Å². The second-order valence-corrected chi connectivity index (χ2v) is 5.83. The van der Waals surface area contributed by atoms with Crippen molar-refractivity contribution in [2.45, 2.75) is 90.4 Å². The van der Waals surface area contributed by atoms with E-state index in [1.165, 1.54) is 44.9 Å². The first-order chi connectivity index (χ1) is 8.74. The fraction of sp³-hybridized carbons (Fsp3) is 1.00. The average Bonchev–Trinajstić information content (AvgIpc) is 2.42. The van der Waals surface area contributed by atoms with Crippen molar-refractivity contribution in [1.29, 1.82) is 0 Å². The second kappa shape index (κ2) is 8.92. The molecule has 0 bridgehead atoms. The quantitative estimate of drug-likeness (QED) is 0.704. The van der Waals surface area contributed by atoms with Crippen LogP contribution in [0.5, 0.6) is 0 Å². The van der Waals surface area contributed by atoms with E-state index in [0.717, 1.165) is 12.3 Å². The Hall–Kier alpha value is -0.0800. The summed E-state index contributed by atoms with van der Waals surface area (Å²) >= 11 is 0. The van der Waals surface area contributed by atoms with Gasteiger partial charge in [-0.3, -0.25) is 0 Å². The topological polar surface area (TPSA) is 21.3 Å². The maximum Gasteiger partial charge on any atom is 0.0729 e. The van der Waals surface area contributed by atoms with Gasteiger partial charge in [0, 0.05) is 6.04 Å². The lowest BCUT2D eigenvalue weighted by Gasteiger charge is -2.34. The highest BCUT2D eigenvalue weighted by molar-refractivity contribution is 4.79. The first kappa shape index (κ1) is 16.0. The molecule has 0 aliphatic heterocycles. The van der Waals surface area contributed by atoms with Gasteiger partial charge in [0.2, 0.25) is 0 Å². The van der Waals surface area contributed by atoms with Crippen molar-refractivity contribution in [2.75, 3.05) is 7.05 Å². The molecule has 0 aromatic carbocycles. The molecule has 1 aliphatic carbocycles. The van der Waals surface area contributed by atoms with Crippen LogP contribution in [0.3, 0.4) is 0 Å². The smallest absolute Gasteiger partial charge is 0.0729 e. The maximum absolute atomic E-state index is 6.42. The van der Waals surface area contributed by atoms with Crippen LogP contribution >= 0.6 is 0 Å². The van der Waals surface area contributed by atoms with Crippen LogP contribution in [0.4, 0.5) is 0 Å². The molecule has 0 radical (unpaired) electrons. The van der Waals surface area contributed by atoms with Crippen molar-refractivity contribution in [3.05, 3.63) is 0 Å². The average molecular weight is 255 g/mol. The third-order valence-corrected chi connectivity index (χ3v) is 4.50. The van der Waals surface area contributed by atoms with Crippen LogP contribution in [-0.4, -0.2) is 25.3 Å². The van der Waals surface area contributed by atoms with Gasteiger partial charge in [0.1, 0.15) is 0 Å². The summed E-state index contributed by atoms with van der Waals surface area (Å²) in [4.78, 5) is 0. The summed E-state index contributed by atoms with van der Waals surface area (Å²) in [5.41, 5.74) is 0. The van der Waals surface area contributed by atoms with Gasteiger partial charge in [-0.1, -0.05) is 46.5 Å². The van der Waals surface area contributed by atoms with E-state index < -0.39 is 0 Å². The van der Waals surface area contributed by atoms with Crippen LogP contribution < -0.4 is 5.32 Å². The molecule has 0 aromatic heterocycles. The van der Waals surface area contributed by atoms with E-state index in [1.807, 2.05) is 0 Å². The van der Waals surface area contributed by atoms with Crippen LogP contribution in [-0.2, 0) is 4.74 Å². The van der Waals surface area contributed by atoms with E-state index in [0.29, 0.717) is 18.2 Å². The van der Waals surface area contributed by atoms with Gasteiger partial charge in [0.15, 0.2) is 0 Å². The van der Waals surface area contributed by atoms with Crippen molar-refractivity contribution in [3.63, 3.8) is 0 Å². The fourth-order valence-corrected chi connectivity index (χ4v) is 3.29. The van der Waals surface area contributed by atoms with E-state index in [-0.39, 0.29) is 0 Å². The molecule has 0 heterocycles. The molecule has 0 aromatic rings. The second-order valence-electron chi connectivity index (χ2n) is 5.83. The zero-order valence-corrected chi connectivity index (χ0v) is 12.9. The predicted octanol–water partition coefficient (Wildman–Crippen LogP) is 4.14. The fourth-order valence-electron chi connectivity index (χ4n) is 3.29. The highest BCUT2D eigenvalue weighted by atomic mass is 16.5. The summed E-state index contributed by atoms with van der Waals surface area (Å²) in [5, 5.41) is 3.44. The molecular weight excluding hydrogens is 222 g/mol. The Balaban J connectivity index is 2.45. The Morgan fingerprint density at radius 1 is 1.22 bits per heavy atom. The van der Waals surface area contributed by atoms with Crippen molar-refractivity contribution in [3.8, 4) is 0 Å². The number of nitrogens with one attached hydrogen (secondary N) is 1. The van der Waals surface area contributed by atoms with Crippen molar-refractivity contribution in [1.82, 2.24) is 5.32 Å². The minimum absolute atomic E-state index is 0.399. The van der Waals surface area contributed by atoms with Crippen molar-refractivity contribution >= 4 is 0 Å². The summed E-state index contributed by atoms with van der Waals surface area (Å²) < 4.78 is 6.42. The molecule has 0 saturated heterocycles. The molecule has 18 heavy (non-hydrogen) atoms. The van der Waals surface area contributed by atoms with Crippen LogP contribution in [0, 0.1) is 5.92 Å². The van der Waals surface area contributed by atoms with E-state index in [4.69, 9.17) is 4.74 Å². The van der Waals surface area contributed by atoms with Crippen LogP contribution in [0.25, 0.3) is 0 Å². The van der Waals surface area contributed by atoms with Crippen LogP contribution in [0.1, 0.15) is 72.1 Å². The van der Waals surface area contributed by atoms with Gasteiger partial charge in [0.25, 0.3) is 0 Å². The van der Waals surface area contributed by atoms with E-state index in [9.17, 15) is 0 Å². The zero-order chi connectivity index (χ0) is 13.4. The minimum Gasteiger partial charge on any atom is -0.373 e. The summed E-state index contributed by atoms with van der Waals surface area (Å²) in [5.74, 6) is 0.903. The highest BCUT2D eigenvalue weighted by Gasteiger charge is 2.26. The standard InChI is InChI=1S/C16H33NO/c1-5-9-15(17-4)16(7-3)18-14-11-8-10-13(6-2)12-14/h13-17H,5-12H2,1-4H3. The number of ether oxygens (including phenoxy) is 1. The van der Waals surface area contributed by atoms with Gasteiger partial charge in [-0.15, -0.1) is 0 Å². The molecule has 0 amide bonds. The van der Waals surface area contributed by atoms with E-state index in [1.54, 1.807) is 0 Å². The van der Waals surface area contributed by atoms with Crippen molar-refractivity contribution in [2.24, 2.45) is 5.92 Å². The molecular formula is C16H33NO. The number of likely N-dealkylation sites (N-methyl/N-ethyl adjacent to an activating group) is 1. The van der Waals surface area contributed by atoms with Gasteiger partial charge in [-0.25, -0.2) is 0 Å². The minimum atomic E-state index is 0.399. The number of hydrogen-bond acceptors (Lipinski definition) is 2. The van der Waals surface area contributed by atoms with E-state index in [2.05, 4.69) is 33.1 Å². The lowest BCUT2D eigenvalue weighted by Crippen LogP contribution is -2.41. The SMILES string of the molecule is CCCC(NC)C(CC)OC1CCCC(CC)C1. The van der Waals surface area contributed by atoms with Gasteiger partial charge < -0.3 is 10.1 Å². The van der Waals surface area contributed by atoms with Gasteiger partial charge in [-0.05, 0) is 38.6 Å². The highest BCUT2D eigenvalue weighted by Crippen LogP contribution is 2.30. The molecule has 4 unspecified atom stereocenters. The maximum atomic E-state index is 6.42. The van der Waals surface area contributed by atoms with Gasteiger partial charge in [0.05, 0.1) is 12.2 Å². The third kappa shape index (κ3) is 4.89. The summed E-state index contributed by atoms with van der Waals surface area (Å²) in [6, 6.07) is 0.530. The van der Waals surface area contributed by atoms with Gasteiger partial charge in [-0.2, -0.15) is 0 Å². The molecule has 0 spiro atoms. The first-order valence-electron chi connectivity index (χ1n) is 8.07. The lowest BCUT2D eigenvalue weighted by molar-refractivity contribution is -0.0578. The predicted molar refractivity (Wildman–Crippen MR) is 79.0 cm³/mol. The Bertz CT molecular complexity index is 207.